The van der Waals surface area contributed by atoms with Crippen LogP contribution in [0.4, 0.5) is 0 Å². The van der Waals surface area contributed by atoms with Gasteiger partial charge in [-0.05, 0) is 6.92 Å². The number of carbonyl (C=O) groups excluding carboxylic acids is 2. The van der Waals surface area contributed by atoms with Crippen molar-refractivity contribution >= 4 is 11.6 Å². The number of methoxy groups -OCH3 is 1. The third-order valence-corrected chi connectivity index (χ3v) is 1.61. The molecule has 0 fully saturated rings. The Hall–Kier alpha value is -1.58. The van der Waals surface area contributed by atoms with Gasteiger partial charge in [0.15, 0.2) is 11.5 Å². The number of carbonyl (C=O) groups is 2. The molecule has 0 atom stereocenters. The molecule has 4 heteroatoms. The van der Waals surface area contributed by atoms with Crippen LogP contribution in [0.1, 0.15) is 6.92 Å². The Kier molecular flexibility index (Phi) is 1.99. The Bertz CT molecular complexity index is 309. The van der Waals surface area contributed by atoms with Gasteiger partial charge in [0.25, 0.3) is 0 Å². The van der Waals surface area contributed by atoms with E-state index in [4.69, 9.17) is 5.11 Å². The highest BCUT2D eigenvalue weighted by atomic mass is 16.5. The van der Waals surface area contributed by atoms with E-state index in [1.807, 2.05) is 0 Å². The van der Waals surface area contributed by atoms with E-state index >= 15 is 0 Å². The van der Waals surface area contributed by atoms with E-state index in [2.05, 4.69) is 4.74 Å². The van der Waals surface area contributed by atoms with Gasteiger partial charge in [-0.25, -0.2) is 0 Å². The van der Waals surface area contributed by atoms with E-state index in [-0.39, 0.29) is 11.3 Å². The summed E-state index contributed by atoms with van der Waals surface area (Å²) < 4.78 is 4.69. The predicted molar refractivity (Wildman–Crippen MR) is 40.4 cm³/mol. The van der Waals surface area contributed by atoms with Crippen molar-refractivity contribution in [2.24, 2.45) is 0 Å². The number of allylic oxidation sites excluding steroid dienone is 2. The van der Waals surface area contributed by atoms with E-state index in [9.17, 15) is 9.59 Å². The lowest BCUT2D eigenvalue weighted by atomic mass is 10.0. The molecule has 1 N–H and O–H groups in total. The van der Waals surface area contributed by atoms with Crippen LogP contribution in [0.15, 0.2) is 23.2 Å². The lowest BCUT2D eigenvalue weighted by molar-refractivity contribution is -0.119. The third kappa shape index (κ3) is 1.11. The fraction of sp³-hybridized carbons (Fsp3) is 0.250. The van der Waals surface area contributed by atoms with Gasteiger partial charge in [0, 0.05) is 11.6 Å². The van der Waals surface area contributed by atoms with Crippen LogP contribution in [0.2, 0.25) is 0 Å². The van der Waals surface area contributed by atoms with Crippen molar-refractivity contribution in [3.8, 4) is 0 Å². The second kappa shape index (κ2) is 2.81. The maximum atomic E-state index is 11.0. The predicted octanol–water partition coefficient (Wildman–Crippen LogP) is 0.500. The molecule has 0 saturated heterocycles. The second-order valence-corrected chi connectivity index (χ2v) is 2.38. The number of ketones is 2. The molecule has 64 valence electrons. The maximum Gasteiger partial charge on any atom is 0.226 e. The van der Waals surface area contributed by atoms with Crippen LogP contribution in [-0.2, 0) is 14.3 Å². The van der Waals surface area contributed by atoms with E-state index in [1.54, 1.807) is 0 Å². The molecule has 0 heterocycles. The van der Waals surface area contributed by atoms with Gasteiger partial charge in [-0.15, -0.1) is 0 Å². The molecule has 0 saturated carbocycles. The van der Waals surface area contributed by atoms with Crippen LogP contribution in [0.25, 0.3) is 0 Å². The van der Waals surface area contributed by atoms with E-state index < -0.39 is 17.3 Å². The quantitative estimate of drug-likeness (QED) is 0.579. The molecule has 0 amide bonds. The van der Waals surface area contributed by atoms with E-state index in [1.165, 1.54) is 14.0 Å². The zero-order valence-corrected chi connectivity index (χ0v) is 6.75. The van der Waals surface area contributed by atoms with Gasteiger partial charge in [-0.3, -0.25) is 9.59 Å². The standard InChI is InChI=1S/C8H8O4/c1-4-7(11)5(9)3-6(10)8(4)12-2/h3,9H,1-2H3. The number of Topliss-reactive ketones (excluding diaryl/α,β-unsaturated/α-hetero) is 1. The van der Waals surface area contributed by atoms with Crippen LogP contribution >= 0.6 is 0 Å². The SMILES string of the molecule is COC1=C(C)C(=O)C(O)=CC1=O. The summed E-state index contributed by atoms with van der Waals surface area (Å²) in [7, 11) is 1.31. The van der Waals surface area contributed by atoms with Crippen molar-refractivity contribution in [2.75, 3.05) is 7.11 Å². The summed E-state index contributed by atoms with van der Waals surface area (Å²) in [5, 5.41) is 8.93. The summed E-state index contributed by atoms with van der Waals surface area (Å²) in [6.45, 7) is 1.43. The molecule has 0 aromatic heterocycles. The Morgan fingerprint density at radius 3 is 2.50 bits per heavy atom. The Balaban J connectivity index is 3.17. The molecule has 1 rings (SSSR count). The summed E-state index contributed by atoms with van der Waals surface area (Å²) in [5.74, 6) is -1.57. The monoisotopic (exact) mass is 168 g/mol. The zero-order valence-electron chi connectivity index (χ0n) is 6.75. The first-order valence-corrected chi connectivity index (χ1v) is 3.32. The topological polar surface area (TPSA) is 63.6 Å². The third-order valence-electron chi connectivity index (χ3n) is 1.61. The average molecular weight is 168 g/mol. The highest BCUT2D eigenvalue weighted by Gasteiger charge is 2.25. The van der Waals surface area contributed by atoms with Crippen LogP contribution in [0.5, 0.6) is 0 Å². The minimum atomic E-state index is -0.563. The fourth-order valence-electron chi connectivity index (χ4n) is 0.989. The summed E-state index contributed by atoms with van der Waals surface area (Å²) >= 11 is 0. The molecule has 1 aliphatic rings. The zero-order chi connectivity index (χ0) is 9.30. The lowest BCUT2D eigenvalue weighted by Gasteiger charge is -2.11. The van der Waals surface area contributed by atoms with Crippen molar-refractivity contribution in [1.82, 2.24) is 0 Å². The molecule has 1 aliphatic carbocycles. The van der Waals surface area contributed by atoms with Crippen LogP contribution in [0, 0.1) is 0 Å². The van der Waals surface area contributed by atoms with Gasteiger partial charge in [0.05, 0.1) is 7.11 Å². The number of aliphatic hydroxyl groups is 1. The molecule has 0 aromatic carbocycles. The number of ether oxygens (including phenoxy) is 1. The molecule has 0 spiro atoms. The Morgan fingerprint density at radius 1 is 1.42 bits per heavy atom. The first kappa shape index (κ1) is 8.52. The largest absolute Gasteiger partial charge is 0.504 e. The Morgan fingerprint density at radius 2 is 2.00 bits per heavy atom. The summed E-state index contributed by atoms with van der Waals surface area (Å²) in [6, 6.07) is 0. The van der Waals surface area contributed by atoms with Crippen molar-refractivity contribution in [3.05, 3.63) is 23.2 Å². The van der Waals surface area contributed by atoms with Gasteiger partial charge < -0.3 is 9.84 Å². The minimum absolute atomic E-state index is 0.00204. The normalized spacial score (nSPS) is 18.0. The van der Waals surface area contributed by atoms with E-state index in [0.717, 1.165) is 6.08 Å². The van der Waals surface area contributed by atoms with Gasteiger partial charge in [-0.1, -0.05) is 0 Å². The fourth-order valence-corrected chi connectivity index (χ4v) is 0.989. The van der Waals surface area contributed by atoms with Crippen molar-refractivity contribution < 1.29 is 19.4 Å². The molecular formula is C8H8O4. The van der Waals surface area contributed by atoms with Crippen LogP contribution < -0.4 is 0 Å². The maximum absolute atomic E-state index is 11.0. The molecule has 0 aliphatic heterocycles. The summed E-state index contributed by atoms with van der Waals surface area (Å²) in [5.41, 5.74) is 0.141. The minimum Gasteiger partial charge on any atom is -0.504 e. The first-order valence-electron chi connectivity index (χ1n) is 3.32. The molecule has 0 unspecified atom stereocenters. The van der Waals surface area contributed by atoms with Gasteiger partial charge in [-0.2, -0.15) is 0 Å². The molecule has 0 aromatic rings. The highest BCUT2D eigenvalue weighted by Crippen LogP contribution is 2.17. The molecule has 12 heavy (non-hydrogen) atoms. The lowest BCUT2D eigenvalue weighted by Crippen LogP contribution is -2.18. The van der Waals surface area contributed by atoms with Gasteiger partial charge in [0.2, 0.25) is 11.6 Å². The Labute approximate surface area is 69.1 Å². The summed E-state index contributed by atoms with van der Waals surface area (Å²) in [4.78, 5) is 22.1. The number of rotatable bonds is 1. The molecule has 0 radical (unpaired) electrons. The molecular weight excluding hydrogens is 160 g/mol. The molecule has 0 bridgehead atoms. The average Bonchev–Trinajstić information content (AvgIpc) is 2.01. The smallest absolute Gasteiger partial charge is 0.226 e. The van der Waals surface area contributed by atoms with Gasteiger partial charge >= 0.3 is 0 Å². The number of hydrogen-bond acceptors (Lipinski definition) is 4. The van der Waals surface area contributed by atoms with Crippen LogP contribution in [0.3, 0.4) is 0 Å². The highest BCUT2D eigenvalue weighted by molar-refractivity contribution is 6.20. The summed E-state index contributed by atoms with van der Waals surface area (Å²) in [6.07, 6.45) is 0.855. The number of hydrogen-bond donors (Lipinski definition) is 1. The number of aliphatic hydroxyl groups excluding tert-OH is 1. The van der Waals surface area contributed by atoms with Crippen molar-refractivity contribution in [3.63, 3.8) is 0 Å². The second-order valence-electron chi connectivity index (χ2n) is 2.38. The van der Waals surface area contributed by atoms with Gasteiger partial charge in [0.1, 0.15) is 0 Å². The first-order chi connectivity index (χ1) is 5.57. The van der Waals surface area contributed by atoms with Crippen molar-refractivity contribution in [1.29, 1.82) is 0 Å². The van der Waals surface area contributed by atoms with Crippen LogP contribution in [-0.4, -0.2) is 23.8 Å². The molecule has 4 nitrogen and oxygen atoms in total. The van der Waals surface area contributed by atoms with E-state index in [0.29, 0.717) is 0 Å². The van der Waals surface area contributed by atoms with Crippen molar-refractivity contribution in [2.45, 2.75) is 6.92 Å².